The van der Waals surface area contributed by atoms with E-state index in [9.17, 15) is 9.59 Å². The van der Waals surface area contributed by atoms with Gasteiger partial charge in [0.05, 0.1) is 14.2 Å². The Hall–Kier alpha value is -2.09. The van der Waals surface area contributed by atoms with Crippen molar-refractivity contribution in [1.82, 2.24) is 4.90 Å². The maximum atomic E-state index is 12.6. The number of hydrogen-bond donors (Lipinski definition) is 0. The Labute approximate surface area is 161 Å². The van der Waals surface area contributed by atoms with Gasteiger partial charge in [0.1, 0.15) is 0 Å². The summed E-state index contributed by atoms with van der Waals surface area (Å²) in [5, 5.41) is 0. The summed E-state index contributed by atoms with van der Waals surface area (Å²) in [6.45, 7) is 1.70. The number of benzene rings is 2. The van der Waals surface area contributed by atoms with Crippen molar-refractivity contribution in [2.45, 2.75) is 13.3 Å². The standard InChI is InChI=1S/C19H20INO4/c1-13(22)21(19(23)14-7-5-4-6-8-14)10-9-15-11-17(24-2)18(25-3)12-16(15)20/h4-8,11-12H,9-10H2,1-3H3. The summed E-state index contributed by atoms with van der Waals surface area (Å²) >= 11 is 2.21. The van der Waals surface area contributed by atoms with Gasteiger partial charge in [0.25, 0.3) is 5.91 Å². The van der Waals surface area contributed by atoms with E-state index >= 15 is 0 Å². The van der Waals surface area contributed by atoms with Gasteiger partial charge in [0, 0.05) is 22.6 Å². The third-order valence-electron chi connectivity index (χ3n) is 3.80. The van der Waals surface area contributed by atoms with Crippen LogP contribution in [-0.4, -0.2) is 37.5 Å². The largest absolute Gasteiger partial charge is 0.493 e. The number of carbonyl (C=O) groups excluding carboxylic acids is 2. The molecule has 0 aliphatic carbocycles. The molecule has 25 heavy (non-hydrogen) atoms. The van der Waals surface area contributed by atoms with Crippen LogP contribution in [0.25, 0.3) is 0 Å². The highest BCUT2D eigenvalue weighted by molar-refractivity contribution is 14.1. The molecule has 2 rings (SSSR count). The minimum atomic E-state index is -0.288. The van der Waals surface area contributed by atoms with Crippen LogP contribution < -0.4 is 9.47 Å². The lowest BCUT2D eigenvalue weighted by molar-refractivity contribution is -0.126. The molecule has 0 bridgehead atoms. The molecule has 0 radical (unpaired) electrons. The molecule has 0 aromatic heterocycles. The van der Waals surface area contributed by atoms with Crippen molar-refractivity contribution < 1.29 is 19.1 Å². The molecule has 132 valence electrons. The first-order valence-corrected chi connectivity index (χ1v) is 8.83. The van der Waals surface area contributed by atoms with Gasteiger partial charge in [0.2, 0.25) is 5.91 Å². The van der Waals surface area contributed by atoms with Gasteiger partial charge in [-0.3, -0.25) is 14.5 Å². The molecule has 0 atom stereocenters. The van der Waals surface area contributed by atoms with Crippen LogP contribution in [0.15, 0.2) is 42.5 Å². The topological polar surface area (TPSA) is 55.8 Å². The fraction of sp³-hybridized carbons (Fsp3) is 0.263. The zero-order valence-corrected chi connectivity index (χ0v) is 16.6. The fourth-order valence-electron chi connectivity index (χ4n) is 2.46. The molecule has 0 unspecified atom stereocenters. The Morgan fingerprint density at radius 2 is 1.64 bits per heavy atom. The summed E-state index contributed by atoms with van der Waals surface area (Å²) in [6.07, 6.45) is 0.538. The second-order valence-electron chi connectivity index (χ2n) is 5.39. The Kier molecular flexibility index (Phi) is 6.81. The number of halogens is 1. The molecule has 0 N–H and O–H groups in total. The third kappa shape index (κ3) is 4.72. The summed E-state index contributed by atoms with van der Waals surface area (Å²) in [4.78, 5) is 25.8. The van der Waals surface area contributed by atoms with E-state index in [2.05, 4.69) is 22.6 Å². The average Bonchev–Trinajstić information content (AvgIpc) is 2.62. The number of ether oxygens (including phenoxy) is 2. The van der Waals surface area contributed by atoms with Crippen LogP contribution in [0.5, 0.6) is 11.5 Å². The number of carbonyl (C=O) groups is 2. The van der Waals surface area contributed by atoms with E-state index in [0.717, 1.165) is 9.13 Å². The van der Waals surface area contributed by atoms with Crippen molar-refractivity contribution in [3.63, 3.8) is 0 Å². The fourth-order valence-corrected chi connectivity index (χ4v) is 3.17. The maximum absolute atomic E-state index is 12.6. The van der Waals surface area contributed by atoms with Crippen LogP contribution in [0.2, 0.25) is 0 Å². The van der Waals surface area contributed by atoms with E-state index in [-0.39, 0.29) is 11.8 Å². The molecule has 2 amide bonds. The van der Waals surface area contributed by atoms with E-state index in [4.69, 9.17) is 9.47 Å². The number of rotatable bonds is 6. The maximum Gasteiger partial charge on any atom is 0.260 e. The van der Waals surface area contributed by atoms with Crippen LogP contribution in [-0.2, 0) is 11.2 Å². The van der Waals surface area contributed by atoms with E-state index in [1.165, 1.54) is 11.8 Å². The lowest BCUT2D eigenvalue weighted by atomic mass is 10.1. The number of nitrogens with zero attached hydrogens (tertiary/aromatic N) is 1. The predicted octanol–water partition coefficient (Wildman–Crippen LogP) is 3.54. The molecule has 0 aliphatic rings. The summed E-state index contributed by atoms with van der Waals surface area (Å²) in [6, 6.07) is 12.6. The van der Waals surface area contributed by atoms with Gasteiger partial charge in [0.15, 0.2) is 11.5 Å². The smallest absolute Gasteiger partial charge is 0.260 e. The number of amides is 2. The molecule has 0 saturated carbocycles. The van der Waals surface area contributed by atoms with E-state index in [0.29, 0.717) is 30.0 Å². The summed E-state index contributed by atoms with van der Waals surface area (Å²) in [5.41, 5.74) is 1.49. The van der Waals surface area contributed by atoms with Crippen molar-refractivity contribution in [2.75, 3.05) is 20.8 Å². The van der Waals surface area contributed by atoms with Gasteiger partial charge < -0.3 is 9.47 Å². The molecule has 2 aromatic carbocycles. The predicted molar refractivity (Wildman–Crippen MR) is 104 cm³/mol. The van der Waals surface area contributed by atoms with E-state index < -0.39 is 0 Å². The van der Waals surface area contributed by atoms with Crippen LogP contribution in [0.1, 0.15) is 22.8 Å². The molecule has 0 fully saturated rings. The highest BCUT2D eigenvalue weighted by Gasteiger charge is 2.20. The van der Waals surface area contributed by atoms with Gasteiger partial charge in [-0.25, -0.2) is 0 Å². The lowest BCUT2D eigenvalue weighted by Gasteiger charge is -2.20. The summed E-state index contributed by atoms with van der Waals surface area (Å²) in [5.74, 6) is 0.717. The quantitative estimate of drug-likeness (QED) is 0.629. The monoisotopic (exact) mass is 453 g/mol. The van der Waals surface area contributed by atoms with Crippen molar-refractivity contribution in [2.24, 2.45) is 0 Å². The number of hydrogen-bond acceptors (Lipinski definition) is 4. The molecular formula is C19H20INO4. The first kappa shape index (κ1) is 19.2. The molecule has 0 heterocycles. The second-order valence-corrected chi connectivity index (χ2v) is 6.55. The van der Waals surface area contributed by atoms with Gasteiger partial charge in [-0.15, -0.1) is 0 Å². The first-order chi connectivity index (χ1) is 12.0. The normalized spacial score (nSPS) is 10.2. The number of methoxy groups -OCH3 is 2. The Morgan fingerprint density at radius 1 is 1.04 bits per heavy atom. The summed E-state index contributed by atoms with van der Waals surface area (Å²) < 4.78 is 11.6. The highest BCUT2D eigenvalue weighted by Crippen LogP contribution is 2.31. The molecule has 5 nitrogen and oxygen atoms in total. The Bertz CT molecular complexity index is 762. The highest BCUT2D eigenvalue weighted by atomic mass is 127. The minimum absolute atomic E-state index is 0.274. The first-order valence-electron chi connectivity index (χ1n) is 7.75. The van der Waals surface area contributed by atoms with Gasteiger partial charge in [-0.1, -0.05) is 18.2 Å². The molecule has 0 saturated heterocycles. The van der Waals surface area contributed by atoms with Crippen molar-refractivity contribution in [3.8, 4) is 11.5 Å². The van der Waals surface area contributed by atoms with E-state index in [1.807, 2.05) is 18.2 Å². The van der Waals surface area contributed by atoms with E-state index in [1.54, 1.807) is 38.5 Å². The third-order valence-corrected chi connectivity index (χ3v) is 4.81. The van der Waals surface area contributed by atoms with Crippen LogP contribution in [0.4, 0.5) is 0 Å². The number of imide groups is 1. The average molecular weight is 453 g/mol. The molecule has 2 aromatic rings. The zero-order valence-electron chi connectivity index (χ0n) is 14.4. The van der Waals surface area contributed by atoms with Gasteiger partial charge in [-0.2, -0.15) is 0 Å². The SMILES string of the molecule is COc1cc(I)c(CCN(C(C)=O)C(=O)c2ccccc2)cc1OC. The van der Waals surface area contributed by atoms with Crippen molar-refractivity contribution in [3.05, 3.63) is 57.2 Å². The van der Waals surface area contributed by atoms with Gasteiger partial charge >= 0.3 is 0 Å². The summed E-state index contributed by atoms with van der Waals surface area (Å²) in [7, 11) is 3.17. The zero-order chi connectivity index (χ0) is 18.4. The lowest BCUT2D eigenvalue weighted by Crippen LogP contribution is -2.36. The Balaban J connectivity index is 2.19. The second kappa shape index (κ2) is 8.84. The minimum Gasteiger partial charge on any atom is -0.493 e. The van der Waals surface area contributed by atoms with Crippen LogP contribution in [0.3, 0.4) is 0 Å². The Morgan fingerprint density at radius 3 is 2.20 bits per heavy atom. The van der Waals surface area contributed by atoms with Crippen LogP contribution >= 0.6 is 22.6 Å². The van der Waals surface area contributed by atoms with Crippen molar-refractivity contribution >= 4 is 34.4 Å². The molecule has 0 spiro atoms. The molecule has 6 heteroatoms. The molecule has 0 aliphatic heterocycles. The molecular weight excluding hydrogens is 433 g/mol. The van der Waals surface area contributed by atoms with Gasteiger partial charge in [-0.05, 0) is 58.8 Å². The van der Waals surface area contributed by atoms with Crippen molar-refractivity contribution in [1.29, 1.82) is 0 Å². The van der Waals surface area contributed by atoms with Crippen LogP contribution in [0, 0.1) is 3.57 Å².